The molecule has 0 bridgehead atoms. The summed E-state index contributed by atoms with van der Waals surface area (Å²) in [5, 5.41) is 0. The van der Waals surface area contributed by atoms with Crippen molar-refractivity contribution in [1.82, 2.24) is 0 Å². The van der Waals surface area contributed by atoms with Crippen LogP contribution >= 0.6 is 0 Å². The van der Waals surface area contributed by atoms with Crippen LogP contribution < -0.4 is 9.64 Å². The summed E-state index contributed by atoms with van der Waals surface area (Å²) >= 11 is 0. The fraction of sp³-hybridized carbons (Fsp3) is 0.611. The van der Waals surface area contributed by atoms with Crippen molar-refractivity contribution in [1.29, 1.82) is 0 Å². The van der Waals surface area contributed by atoms with Crippen molar-refractivity contribution in [3.8, 4) is 5.75 Å². The summed E-state index contributed by atoms with van der Waals surface area (Å²) in [6, 6.07) is 6.08. The maximum atomic E-state index is 12.4. The van der Waals surface area contributed by atoms with Crippen molar-refractivity contribution in [2.45, 2.75) is 58.0 Å². The van der Waals surface area contributed by atoms with Gasteiger partial charge >= 0.3 is 5.97 Å². The minimum Gasteiger partial charge on any atom is -0.495 e. The molecule has 1 atom stereocenters. The molecule has 0 radical (unpaired) electrons. The summed E-state index contributed by atoms with van der Waals surface area (Å²) in [6.45, 7) is 10.4. The number of carbonyl (C=O) groups is 1. The molecule has 0 aromatic heterocycles. The van der Waals surface area contributed by atoms with Crippen LogP contribution in [0, 0.1) is 0 Å². The first-order chi connectivity index (χ1) is 10.2. The van der Waals surface area contributed by atoms with Crippen LogP contribution in [0.25, 0.3) is 0 Å². The summed E-state index contributed by atoms with van der Waals surface area (Å²) in [7, 11) is 3.11. The second-order valence-electron chi connectivity index (χ2n) is 7.20. The monoisotopic (exact) mass is 305 g/mol. The van der Waals surface area contributed by atoms with Crippen molar-refractivity contribution >= 4 is 11.7 Å². The highest BCUT2D eigenvalue weighted by Crippen LogP contribution is 2.50. The number of hydrogen-bond acceptors (Lipinski definition) is 4. The summed E-state index contributed by atoms with van der Waals surface area (Å²) in [6.07, 6.45) is 0.966. The highest BCUT2D eigenvalue weighted by Gasteiger charge is 2.48. The Bertz CT molecular complexity index is 578. The van der Waals surface area contributed by atoms with Crippen LogP contribution in [0.5, 0.6) is 5.75 Å². The molecule has 1 heterocycles. The van der Waals surface area contributed by atoms with Crippen molar-refractivity contribution in [2.24, 2.45) is 0 Å². The average Bonchev–Trinajstić information content (AvgIpc) is 2.44. The molecule has 0 fully saturated rings. The Morgan fingerprint density at radius 2 is 1.95 bits per heavy atom. The van der Waals surface area contributed by atoms with E-state index in [1.165, 1.54) is 12.7 Å². The molecule has 122 valence electrons. The van der Waals surface area contributed by atoms with Crippen LogP contribution in [-0.4, -0.2) is 31.3 Å². The molecule has 1 aromatic carbocycles. The van der Waals surface area contributed by atoms with E-state index in [1.807, 2.05) is 26.0 Å². The second-order valence-corrected chi connectivity index (χ2v) is 7.20. The maximum Gasteiger partial charge on any atom is 0.331 e. The Balaban J connectivity index is 2.72. The fourth-order valence-corrected chi connectivity index (χ4v) is 3.97. The van der Waals surface area contributed by atoms with Crippen LogP contribution in [0.4, 0.5) is 5.69 Å². The molecular formula is C18H27NO3. The molecule has 0 saturated heterocycles. The minimum atomic E-state index is -0.776. The maximum absolute atomic E-state index is 12.4. The number of anilines is 1. The van der Waals surface area contributed by atoms with E-state index >= 15 is 0 Å². The van der Waals surface area contributed by atoms with Crippen molar-refractivity contribution in [2.75, 3.05) is 19.1 Å². The Morgan fingerprint density at radius 3 is 2.50 bits per heavy atom. The summed E-state index contributed by atoms with van der Waals surface area (Å²) in [5.41, 5.74) is 1.26. The Hall–Kier alpha value is -1.71. The van der Waals surface area contributed by atoms with Crippen LogP contribution in [0.2, 0.25) is 0 Å². The Morgan fingerprint density at radius 1 is 1.32 bits per heavy atom. The quantitative estimate of drug-likeness (QED) is 0.797. The van der Waals surface area contributed by atoms with E-state index in [0.29, 0.717) is 5.92 Å². The third kappa shape index (κ3) is 2.44. The van der Waals surface area contributed by atoms with Crippen molar-refractivity contribution in [3.05, 3.63) is 23.8 Å². The molecule has 4 heteroatoms. The molecule has 0 aliphatic carbocycles. The molecule has 0 saturated carbocycles. The minimum absolute atomic E-state index is 0.182. The third-order valence-corrected chi connectivity index (χ3v) is 4.66. The third-order valence-electron chi connectivity index (χ3n) is 4.66. The van der Waals surface area contributed by atoms with Gasteiger partial charge in [-0.3, -0.25) is 0 Å². The van der Waals surface area contributed by atoms with Gasteiger partial charge in [0.25, 0.3) is 0 Å². The molecule has 1 aliphatic rings. The largest absolute Gasteiger partial charge is 0.495 e. The van der Waals surface area contributed by atoms with E-state index in [2.05, 4.69) is 31.7 Å². The molecule has 0 unspecified atom stereocenters. The second kappa shape index (κ2) is 5.49. The zero-order chi connectivity index (χ0) is 16.7. The van der Waals surface area contributed by atoms with Gasteiger partial charge in [0, 0.05) is 5.54 Å². The summed E-state index contributed by atoms with van der Waals surface area (Å²) in [5.74, 6) is 0.964. The van der Waals surface area contributed by atoms with E-state index in [1.54, 1.807) is 7.11 Å². The average molecular weight is 305 g/mol. The summed E-state index contributed by atoms with van der Waals surface area (Å²) < 4.78 is 10.7. The standard InChI is InChI=1S/C18H27NO3/c1-12-11-17(2,3)19(18(4,5)16(20)22-7)15-13(12)9-8-10-14(15)21-6/h8-10,12H,11H2,1-7H3/t12-/m1/s1. The number of hydrogen-bond donors (Lipinski definition) is 0. The SMILES string of the molecule is COC(=O)C(C)(C)N1c2c(OC)cccc2[C@H](C)CC1(C)C. The van der Waals surface area contributed by atoms with E-state index < -0.39 is 5.54 Å². The molecule has 2 rings (SSSR count). The van der Waals surface area contributed by atoms with Gasteiger partial charge in [-0.25, -0.2) is 4.79 Å². The number of methoxy groups -OCH3 is 2. The first-order valence-corrected chi connectivity index (χ1v) is 7.72. The van der Waals surface area contributed by atoms with Crippen molar-refractivity contribution < 1.29 is 14.3 Å². The molecule has 0 amide bonds. The number of fused-ring (bicyclic) bond motifs is 1. The predicted octanol–water partition coefficient (Wildman–Crippen LogP) is 3.74. The molecule has 1 aromatic rings. The van der Waals surface area contributed by atoms with Gasteiger partial charge in [0.05, 0.1) is 19.9 Å². The molecule has 22 heavy (non-hydrogen) atoms. The van der Waals surface area contributed by atoms with Crippen LogP contribution in [-0.2, 0) is 9.53 Å². The Kier molecular flexibility index (Phi) is 4.16. The van der Waals surface area contributed by atoms with E-state index in [-0.39, 0.29) is 11.5 Å². The van der Waals surface area contributed by atoms with Crippen LogP contribution in [0.15, 0.2) is 18.2 Å². The van der Waals surface area contributed by atoms with Crippen molar-refractivity contribution in [3.63, 3.8) is 0 Å². The smallest absolute Gasteiger partial charge is 0.331 e. The van der Waals surface area contributed by atoms with E-state index in [4.69, 9.17) is 9.47 Å². The van der Waals surface area contributed by atoms with E-state index in [9.17, 15) is 4.79 Å². The van der Waals surface area contributed by atoms with Gasteiger partial charge < -0.3 is 14.4 Å². The first-order valence-electron chi connectivity index (χ1n) is 7.72. The summed E-state index contributed by atoms with van der Waals surface area (Å²) in [4.78, 5) is 14.6. The van der Waals surface area contributed by atoms with Gasteiger partial charge in [0.15, 0.2) is 0 Å². The first kappa shape index (κ1) is 16.7. The van der Waals surface area contributed by atoms with Gasteiger partial charge in [0.1, 0.15) is 11.3 Å². The van der Waals surface area contributed by atoms with Gasteiger partial charge in [-0.1, -0.05) is 19.1 Å². The lowest BCUT2D eigenvalue weighted by Crippen LogP contribution is -2.62. The number of para-hydroxylation sites is 1. The predicted molar refractivity (Wildman–Crippen MR) is 88.7 cm³/mol. The number of nitrogens with zero attached hydrogens (tertiary/aromatic N) is 1. The van der Waals surface area contributed by atoms with Crippen LogP contribution in [0.1, 0.15) is 52.5 Å². The molecule has 0 N–H and O–H groups in total. The topological polar surface area (TPSA) is 38.8 Å². The van der Waals surface area contributed by atoms with Gasteiger partial charge in [-0.05, 0) is 51.7 Å². The highest BCUT2D eigenvalue weighted by atomic mass is 16.5. The lowest BCUT2D eigenvalue weighted by atomic mass is 9.77. The lowest BCUT2D eigenvalue weighted by molar-refractivity contribution is -0.146. The number of rotatable bonds is 3. The molecule has 1 aliphatic heterocycles. The molecule has 4 nitrogen and oxygen atoms in total. The highest BCUT2D eigenvalue weighted by molar-refractivity contribution is 5.87. The number of carbonyl (C=O) groups excluding carboxylic acids is 1. The number of esters is 1. The zero-order valence-corrected chi connectivity index (χ0v) is 14.7. The van der Waals surface area contributed by atoms with E-state index in [0.717, 1.165) is 17.9 Å². The fourth-order valence-electron chi connectivity index (χ4n) is 3.97. The Labute approximate surface area is 133 Å². The lowest BCUT2D eigenvalue weighted by Gasteiger charge is -2.53. The number of ether oxygens (including phenoxy) is 2. The normalized spacial score (nSPS) is 20.3. The molecule has 0 spiro atoms. The van der Waals surface area contributed by atoms with Gasteiger partial charge in [0.2, 0.25) is 0 Å². The van der Waals surface area contributed by atoms with Crippen LogP contribution in [0.3, 0.4) is 0 Å². The number of benzene rings is 1. The zero-order valence-electron chi connectivity index (χ0n) is 14.7. The molecular weight excluding hydrogens is 278 g/mol. The van der Waals surface area contributed by atoms with Gasteiger partial charge in [-0.2, -0.15) is 0 Å². The van der Waals surface area contributed by atoms with Gasteiger partial charge in [-0.15, -0.1) is 0 Å².